The minimum absolute atomic E-state index is 0.0202. The number of nitrogens with zero attached hydrogens (tertiary/aromatic N) is 4. The van der Waals surface area contributed by atoms with Crippen molar-refractivity contribution in [3.05, 3.63) is 65.0 Å². The third-order valence-electron chi connectivity index (χ3n) is 6.99. The molecule has 1 atom stereocenters. The molecule has 1 aliphatic heterocycles. The second-order valence-corrected chi connectivity index (χ2v) is 9.26. The Morgan fingerprint density at radius 2 is 1.74 bits per heavy atom. The molecule has 2 aromatic carbocycles. The molecule has 1 saturated heterocycles. The summed E-state index contributed by atoms with van der Waals surface area (Å²) in [6, 6.07) is 14.6. The lowest BCUT2D eigenvalue weighted by Gasteiger charge is -2.36. The topological polar surface area (TPSA) is 50.6 Å². The van der Waals surface area contributed by atoms with Gasteiger partial charge in [-0.15, -0.1) is 0 Å². The van der Waals surface area contributed by atoms with Crippen LogP contribution in [0.15, 0.2) is 42.5 Å². The highest BCUT2D eigenvalue weighted by Crippen LogP contribution is 2.26. The van der Waals surface area contributed by atoms with Gasteiger partial charge in [-0.05, 0) is 80.1 Å². The van der Waals surface area contributed by atoms with Gasteiger partial charge < -0.3 is 9.80 Å². The van der Waals surface area contributed by atoms with Gasteiger partial charge >= 0.3 is 0 Å². The number of hydrogen-bond acceptors (Lipinski definition) is 4. The Morgan fingerprint density at radius 3 is 2.29 bits per heavy atom. The summed E-state index contributed by atoms with van der Waals surface area (Å²) >= 11 is 0. The van der Waals surface area contributed by atoms with Gasteiger partial charge in [-0.25, -0.2) is 4.39 Å². The first-order chi connectivity index (χ1) is 16.4. The standard InChI is InChI=1S/C28H37FN4O/c1-4-24(25-7-8-26(21-30)22(2)20-25)6-5-13-31-14-16-32(17-15-31)18-19-33(23(3)34)28-11-9-27(29)10-12-28/h7-12,20,24H,4-6,13-19H2,1-3H3. The maximum atomic E-state index is 13.2. The number of piperazine rings is 1. The van der Waals surface area contributed by atoms with E-state index in [0.29, 0.717) is 12.5 Å². The van der Waals surface area contributed by atoms with Crippen LogP contribution in [0.25, 0.3) is 0 Å². The first kappa shape index (κ1) is 25.9. The fourth-order valence-electron chi connectivity index (χ4n) is 4.80. The monoisotopic (exact) mass is 464 g/mol. The molecule has 0 N–H and O–H groups in total. The van der Waals surface area contributed by atoms with Gasteiger partial charge in [0, 0.05) is 51.9 Å². The summed E-state index contributed by atoms with van der Waals surface area (Å²) in [6.45, 7) is 12.5. The van der Waals surface area contributed by atoms with Crippen molar-refractivity contribution in [1.29, 1.82) is 5.26 Å². The lowest BCUT2D eigenvalue weighted by Crippen LogP contribution is -2.49. The van der Waals surface area contributed by atoms with E-state index in [4.69, 9.17) is 5.26 Å². The number of halogens is 1. The number of aryl methyl sites for hydroxylation is 1. The lowest BCUT2D eigenvalue weighted by atomic mass is 9.90. The molecule has 0 aliphatic carbocycles. The molecule has 1 unspecified atom stereocenters. The molecule has 0 aromatic heterocycles. The van der Waals surface area contributed by atoms with Crippen molar-refractivity contribution < 1.29 is 9.18 Å². The maximum Gasteiger partial charge on any atom is 0.223 e. The molecule has 2 aromatic rings. The molecule has 5 nitrogen and oxygen atoms in total. The van der Waals surface area contributed by atoms with Crippen molar-refractivity contribution in [1.82, 2.24) is 9.80 Å². The zero-order valence-electron chi connectivity index (χ0n) is 20.8. The van der Waals surface area contributed by atoms with Crippen LogP contribution >= 0.6 is 0 Å². The second kappa shape index (κ2) is 12.6. The van der Waals surface area contributed by atoms with Crippen molar-refractivity contribution in [3.8, 4) is 6.07 Å². The molecular weight excluding hydrogens is 427 g/mol. The van der Waals surface area contributed by atoms with Gasteiger partial charge in [0.2, 0.25) is 5.91 Å². The average molecular weight is 465 g/mol. The normalized spacial score (nSPS) is 15.6. The summed E-state index contributed by atoms with van der Waals surface area (Å²) < 4.78 is 13.2. The lowest BCUT2D eigenvalue weighted by molar-refractivity contribution is -0.116. The highest BCUT2D eigenvalue weighted by molar-refractivity contribution is 5.91. The van der Waals surface area contributed by atoms with Crippen molar-refractivity contribution in [3.63, 3.8) is 0 Å². The number of benzene rings is 2. The fourth-order valence-corrected chi connectivity index (χ4v) is 4.80. The van der Waals surface area contributed by atoms with E-state index < -0.39 is 0 Å². The molecule has 0 spiro atoms. The van der Waals surface area contributed by atoms with Crippen molar-refractivity contribution in [2.24, 2.45) is 0 Å². The number of nitriles is 1. The Labute approximate surface area is 203 Å². The zero-order chi connectivity index (χ0) is 24.5. The molecular formula is C28H37FN4O. The second-order valence-electron chi connectivity index (χ2n) is 9.26. The minimum Gasteiger partial charge on any atom is -0.311 e. The van der Waals surface area contributed by atoms with Crippen molar-refractivity contribution >= 4 is 11.6 Å². The number of amides is 1. The van der Waals surface area contributed by atoms with E-state index in [1.54, 1.807) is 24.0 Å². The number of carbonyl (C=O) groups is 1. The summed E-state index contributed by atoms with van der Waals surface area (Å²) in [5, 5.41) is 9.17. The van der Waals surface area contributed by atoms with Gasteiger partial charge in [-0.3, -0.25) is 9.69 Å². The molecule has 3 rings (SSSR count). The first-order valence-corrected chi connectivity index (χ1v) is 12.4. The van der Waals surface area contributed by atoms with Crippen LogP contribution in [0, 0.1) is 24.1 Å². The van der Waals surface area contributed by atoms with Crippen LogP contribution < -0.4 is 4.90 Å². The van der Waals surface area contributed by atoms with E-state index in [1.165, 1.54) is 24.1 Å². The largest absolute Gasteiger partial charge is 0.311 e. The smallest absolute Gasteiger partial charge is 0.223 e. The van der Waals surface area contributed by atoms with Crippen molar-refractivity contribution in [2.75, 3.05) is 50.7 Å². The van der Waals surface area contributed by atoms with Crippen LogP contribution in [0.1, 0.15) is 55.7 Å². The molecule has 6 heteroatoms. The fraction of sp³-hybridized carbons (Fsp3) is 0.500. The van der Waals surface area contributed by atoms with E-state index in [9.17, 15) is 9.18 Å². The Hall–Kier alpha value is -2.75. The highest BCUT2D eigenvalue weighted by Gasteiger charge is 2.19. The summed E-state index contributed by atoms with van der Waals surface area (Å²) in [5.41, 5.74) is 3.92. The Bertz CT molecular complexity index is 977. The number of carbonyl (C=O) groups excluding carboxylic acids is 1. The van der Waals surface area contributed by atoms with E-state index in [-0.39, 0.29) is 11.7 Å². The first-order valence-electron chi connectivity index (χ1n) is 12.4. The third-order valence-corrected chi connectivity index (χ3v) is 6.99. The van der Waals surface area contributed by atoms with Crippen LogP contribution in [0.3, 0.4) is 0 Å². The molecule has 182 valence electrons. The molecule has 1 heterocycles. The third kappa shape index (κ3) is 7.12. The number of anilines is 1. The Balaban J connectivity index is 1.40. The average Bonchev–Trinajstić information content (AvgIpc) is 2.83. The van der Waals surface area contributed by atoms with E-state index >= 15 is 0 Å². The van der Waals surface area contributed by atoms with Gasteiger partial charge in [0.05, 0.1) is 11.6 Å². The molecule has 0 bridgehead atoms. The molecule has 1 fully saturated rings. The van der Waals surface area contributed by atoms with Crippen LogP contribution in [-0.4, -0.2) is 61.5 Å². The van der Waals surface area contributed by atoms with Crippen molar-refractivity contribution in [2.45, 2.75) is 46.0 Å². The minimum atomic E-state index is -0.291. The summed E-state index contributed by atoms with van der Waals surface area (Å²) in [7, 11) is 0. The molecule has 0 saturated carbocycles. The van der Waals surface area contributed by atoms with E-state index in [1.807, 2.05) is 13.0 Å². The number of rotatable bonds is 10. The van der Waals surface area contributed by atoms with Crippen LogP contribution in [-0.2, 0) is 4.79 Å². The quantitative estimate of drug-likeness (QED) is 0.499. The molecule has 1 aliphatic rings. The molecule has 0 radical (unpaired) electrons. The van der Waals surface area contributed by atoms with Crippen LogP contribution in [0.2, 0.25) is 0 Å². The predicted octanol–water partition coefficient (Wildman–Crippen LogP) is 4.95. The number of hydrogen-bond donors (Lipinski definition) is 0. The molecule has 34 heavy (non-hydrogen) atoms. The van der Waals surface area contributed by atoms with Gasteiger partial charge in [0.15, 0.2) is 0 Å². The van der Waals surface area contributed by atoms with E-state index in [2.05, 4.69) is 34.9 Å². The zero-order valence-corrected chi connectivity index (χ0v) is 20.8. The summed E-state index contributed by atoms with van der Waals surface area (Å²) in [6.07, 6.45) is 3.44. The van der Waals surface area contributed by atoms with Gasteiger partial charge in [-0.2, -0.15) is 5.26 Å². The Morgan fingerprint density at radius 1 is 1.09 bits per heavy atom. The van der Waals surface area contributed by atoms with E-state index in [0.717, 1.165) is 68.9 Å². The van der Waals surface area contributed by atoms with Gasteiger partial charge in [0.25, 0.3) is 0 Å². The predicted molar refractivity (Wildman–Crippen MR) is 135 cm³/mol. The van der Waals surface area contributed by atoms with Gasteiger partial charge in [0.1, 0.15) is 5.82 Å². The Kier molecular flexibility index (Phi) is 9.62. The molecule has 1 amide bonds. The maximum absolute atomic E-state index is 13.2. The van der Waals surface area contributed by atoms with Crippen LogP contribution in [0.5, 0.6) is 0 Å². The SMILES string of the molecule is CCC(CCCN1CCN(CCN(C(C)=O)c2ccc(F)cc2)CC1)c1ccc(C#N)c(C)c1. The highest BCUT2D eigenvalue weighted by atomic mass is 19.1. The van der Waals surface area contributed by atoms with Gasteiger partial charge in [-0.1, -0.05) is 19.1 Å². The van der Waals surface area contributed by atoms with Crippen LogP contribution in [0.4, 0.5) is 10.1 Å². The summed E-state index contributed by atoms with van der Waals surface area (Å²) in [5.74, 6) is 0.227. The summed E-state index contributed by atoms with van der Waals surface area (Å²) in [4.78, 5) is 18.8.